The summed E-state index contributed by atoms with van der Waals surface area (Å²) in [5, 5.41) is 5.92. The van der Waals surface area contributed by atoms with Crippen molar-refractivity contribution < 1.29 is 18.7 Å². The Hall–Kier alpha value is -3.35. The summed E-state index contributed by atoms with van der Waals surface area (Å²) in [6.07, 6.45) is 5.82. The van der Waals surface area contributed by atoms with Crippen LogP contribution in [-0.2, 0) is 16.0 Å². The second-order valence-electron chi connectivity index (χ2n) is 11.0. The van der Waals surface area contributed by atoms with Crippen LogP contribution in [0.2, 0.25) is 0 Å². The van der Waals surface area contributed by atoms with Crippen LogP contribution >= 0.6 is 0 Å². The molecule has 0 aromatic heterocycles. The van der Waals surface area contributed by atoms with Crippen LogP contribution < -0.4 is 10.6 Å². The molecule has 1 fully saturated rings. The van der Waals surface area contributed by atoms with Crippen LogP contribution in [0.3, 0.4) is 0 Å². The summed E-state index contributed by atoms with van der Waals surface area (Å²) >= 11 is 0. The van der Waals surface area contributed by atoms with E-state index in [9.17, 15) is 9.59 Å². The maximum absolute atomic E-state index is 15.6. The van der Waals surface area contributed by atoms with Crippen LogP contribution in [0.25, 0.3) is 0 Å². The number of amides is 2. The summed E-state index contributed by atoms with van der Waals surface area (Å²) < 4.78 is 21.0. The molecular weight excluding hydrogens is 481 g/mol. The molecule has 2 N–H and O–H groups in total. The Morgan fingerprint density at radius 3 is 2.50 bits per heavy atom. The average molecular weight is 526 g/mol. The van der Waals surface area contributed by atoms with E-state index in [4.69, 9.17) is 4.74 Å². The summed E-state index contributed by atoms with van der Waals surface area (Å²) in [5.41, 5.74) is 1.88. The monoisotopic (exact) mass is 525 g/mol. The quantitative estimate of drug-likeness (QED) is 0.210. The van der Waals surface area contributed by atoms with Gasteiger partial charge in [0.1, 0.15) is 11.3 Å². The fourth-order valence-electron chi connectivity index (χ4n) is 4.36. The third-order valence-electron chi connectivity index (χ3n) is 6.26. The van der Waals surface area contributed by atoms with E-state index in [-0.39, 0.29) is 12.5 Å². The Balaban J connectivity index is 1.99. The molecule has 1 aromatic carbocycles. The number of alkyl halides is 1. The molecule has 208 valence electrons. The predicted molar refractivity (Wildman–Crippen MR) is 152 cm³/mol. The molecule has 2 amide bonds. The Kier molecular flexibility index (Phi) is 11.4. The van der Waals surface area contributed by atoms with Crippen LogP contribution in [-0.4, -0.2) is 54.9 Å². The first-order valence-corrected chi connectivity index (χ1v) is 13.3. The third kappa shape index (κ3) is 10.6. The maximum atomic E-state index is 15.6. The summed E-state index contributed by atoms with van der Waals surface area (Å²) in [6, 6.07) is 10.0. The van der Waals surface area contributed by atoms with Crippen molar-refractivity contribution in [2.24, 2.45) is 0 Å². The van der Waals surface area contributed by atoms with E-state index in [0.717, 1.165) is 16.7 Å². The Morgan fingerprint density at radius 2 is 1.87 bits per heavy atom. The van der Waals surface area contributed by atoms with Crippen molar-refractivity contribution in [3.05, 3.63) is 83.6 Å². The van der Waals surface area contributed by atoms with Gasteiger partial charge in [0.05, 0.1) is 6.54 Å². The number of piperidine rings is 1. The minimum absolute atomic E-state index is 0.0430. The fourth-order valence-corrected chi connectivity index (χ4v) is 4.36. The number of likely N-dealkylation sites (N-methyl/N-ethyl adjacent to an activating group) is 1. The van der Waals surface area contributed by atoms with E-state index in [1.165, 1.54) is 4.90 Å². The van der Waals surface area contributed by atoms with E-state index in [2.05, 4.69) is 23.8 Å². The smallest absolute Gasteiger partial charge is 0.410 e. The molecule has 1 aliphatic heterocycles. The van der Waals surface area contributed by atoms with Gasteiger partial charge in [0, 0.05) is 31.4 Å². The van der Waals surface area contributed by atoms with E-state index < -0.39 is 17.4 Å². The van der Waals surface area contributed by atoms with Crippen LogP contribution in [0.5, 0.6) is 0 Å². The van der Waals surface area contributed by atoms with Crippen molar-refractivity contribution in [2.45, 2.75) is 71.1 Å². The minimum Gasteiger partial charge on any atom is -0.444 e. The molecule has 1 unspecified atom stereocenters. The second-order valence-corrected chi connectivity index (χ2v) is 11.0. The first-order valence-electron chi connectivity index (χ1n) is 13.3. The third-order valence-corrected chi connectivity index (χ3v) is 6.26. The number of halogens is 1. The molecular formula is C31H44FN3O3. The van der Waals surface area contributed by atoms with Crippen LogP contribution in [0.4, 0.5) is 9.18 Å². The summed E-state index contributed by atoms with van der Waals surface area (Å²) in [5.74, 6) is -0.177. The predicted octanol–water partition coefficient (Wildman–Crippen LogP) is 6.03. The lowest BCUT2D eigenvalue weighted by atomic mass is 9.90. The number of nitrogens with one attached hydrogen (secondary N) is 2. The molecule has 1 atom stereocenters. The highest BCUT2D eigenvalue weighted by molar-refractivity contribution is 5.93. The minimum atomic E-state index is -1.45. The normalized spacial score (nSPS) is 18.5. The van der Waals surface area contributed by atoms with Crippen LogP contribution in [0.1, 0.15) is 58.9 Å². The number of allylic oxidation sites excluding steroid dienone is 3. The lowest BCUT2D eigenvalue weighted by molar-refractivity contribution is -0.117. The number of ether oxygens (including phenoxy) is 1. The van der Waals surface area contributed by atoms with Gasteiger partial charge in [0.2, 0.25) is 5.91 Å². The molecule has 2 rings (SSSR count). The van der Waals surface area contributed by atoms with Crippen molar-refractivity contribution in [1.82, 2.24) is 15.5 Å². The van der Waals surface area contributed by atoms with Crippen LogP contribution in [0, 0.1) is 0 Å². The van der Waals surface area contributed by atoms with Gasteiger partial charge in [-0.2, -0.15) is 0 Å². The summed E-state index contributed by atoms with van der Waals surface area (Å²) in [6.45, 7) is 16.6. The zero-order chi connectivity index (χ0) is 28.3. The fraction of sp³-hybridized carbons (Fsp3) is 0.484. The van der Waals surface area contributed by atoms with Gasteiger partial charge in [-0.25, -0.2) is 9.18 Å². The van der Waals surface area contributed by atoms with E-state index in [0.29, 0.717) is 56.5 Å². The molecule has 7 heteroatoms. The van der Waals surface area contributed by atoms with Crippen LogP contribution in [0.15, 0.2) is 78.1 Å². The van der Waals surface area contributed by atoms with Gasteiger partial charge in [-0.05, 0) is 83.1 Å². The zero-order valence-electron chi connectivity index (χ0n) is 23.7. The maximum Gasteiger partial charge on any atom is 0.410 e. The van der Waals surface area contributed by atoms with Gasteiger partial charge in [-0.3, -0.25) is 4.79 Å². The highest BCUT2D eigenvalue weighted by Crippen LogP contribution is 2.30. The van der Waals surface area contributed by atoms with Crippen molar-refractivity contribution in [3.63, 3.8) is 0 Å². The molecule has 0 radical (unpaired) electrons. The number of hydrogen-bond donors (Lipinski definition) is 2. The molecule has 0 spiro atoms. The Morgan fingerprint density at radius 1 is 1.18 bits per heavy atom. The van der Waals surface area contributed by atoms with Crippen molar-refractivity contribution in [3.8, 4) is 0 Å². The number of carbonyl (C=O) groups excluding carboxylic acids is 2. The van der Waals surface area contributed by atoms with Crippen molar-refractivity contribution in [1.29, 1.82) is 0 Å². The topological polar surface area (TPSA) is 70.7 Å². The molecule has 38 heavy (non-hydrogen) atoms. The largest absolute Gasteiger partial charge is 0.444 e. The lowest BCUT2D eigenvalue weighted by Gasteiger charge is -2.38. The number of rotatable bonds is 11. The zero-order valence-corrected chi connectivity index (χ0v) is 23.7. The Bertz CT molecular complexity index is 1060. The average Bonchev–Trinajstić information content (AvgIpc) is 2.85. The van der Waals surface area contributed by atoms with E-state index >= 15 is 4.39 Å². The summed E-state index contributed by atoms with van der Waals surface area (Å²) in [7, 11) is 1.59. The van der Waals surface area contributed by atoms with Crippen molar-refractivity contribution in [2.75, 3.05) is 26.7 Å². The molecule has 0 bridgehead atoms. The first-order chi connectivity index (χ1) is 17.8. The van der Waals surface area contributed by atoms with Gasteiger partial charge in [0.15, 0.2) is 0 Å². The van der Waals surface area contributed by atoms with Gasteiger partial charge in [-0.15, -0.1) is 0 Å². The lowest BCUT2D eigenvalue weighted by Crippen LogP contribution is -2.49. The van der Waals surface area contributed by atoms with E-state index in [1.807, 2.05) is 36.4 Å². The molecule has 0 aliphatic carbocycles. The number of benzene rings is 1. The number of nitrogens with zero attached hydrogens (tertiary/aromatic N) is 1. The number of carbonyl (C=O) groups is 2. The SMILES string of the molecule is C=C(/C=C(\C=C(/C)C(=O)NC)C(=C)NCCCC1(F)CCCN(C(=O)OC(C)(C)C)C1)Cc1ccccc1. The molecule has 1 aromatic rings. The first kappa shape index (κ1) is 30.9. The highest BCUT2D eigenvalue weighted by atomic mass is 19.1. The molecule has 1 saturated heterocycles. The molecule has 6 nitrogen and oxygen atoms in total. The van der Waals surface area contributed by atoms with Gasteiger partial charge < -0.3 is 20.3 Å². The molecule has 0 saturated carbocycles. The van der Waals surface area contributed by atoms with Gasteiger partial charge in [-0.1, -0.05) is 49.1 Å². The number of hydrogen-bond acceptors (Lipinski definition) is 4. The Labute approximate surface area is 227 Å². The molecule has 1 aliphatic rings. The van der Waals surface area contributed by atoms with Gasteiger partial charge >= 0.3 is 6.09 Å². The second kappa shape index (κ2) is 14.0. The van der Waals surface area contributed by atoms with E-state index in [1.54, 1.807) is 40.8 Å². The van der Waals surface area contributed by atoms with Crippen molar-refractivity contribution >= 4 is 12.0 Å². The van der Waals surface area contributed by atoms with Gasteiger partial charge in [0.25, 0.3) is 0 Å². The highest BCUT2D eigenvalue weighted by Gasteiger charge is 2.38. The molecule has 1 heterocycles. The summed E-state index contributed by atoms with van der Waals surface area (Å²) in [4.78, 5) is 26.0. The number of likely N-dealkylation sites (tertiary alicyclic amines) is 1. The standard InChI is InChI=1S/C31H44FN3O3/c1-23(19-26-13-9-8-10-14-26)20-27(21-24(2)28(36)33-7)25(3)34-17-11-15-31(32)16-12-18-35(22-31)29(37)38-30(4,5)6/h8-10,13-14,20-21,34H,1,3,11-12,15-19,22H2,2,4-7H3,(H,33,36)/b24-21+,27-20+.